The van der Waals surface area contributed by atoms with Gasteiger partial charge in [0.15, 0.2) is 0 Å². The van der Waals surface area contributed by atoms with Crippen molar-refractivity contribution in [3.05, 3.63) is 59.2 Å². The van der Waals surface area contributed by atoms with E-state index in [2.05, 4.69) is 5.32 Å². The highest BCUT2D eigenvalue weighted by atomic mass is 19.4. The molecule has 9 heteroatoms. The van der Waals surface area contributed by atoms with E-state index in [1.54, 1.807) is 0 Å². The van der Waals surface area contributed by atoms with Crippen molar-refractivity contribution in [3.8, 4) is 0 Å². The number of rotatable bonds is 3. The molecular weight excluding hydrogens is 362 g/mol. The molecule has 0 aliphatic heterocycles. The van der Waals surface area contributed by atoms with Crippen LogP contribution in [0.25, 0.3) is 0 Å². The highest BCUT2D eigenvalue weighted by molar-refractivity contribution is 6.07. The molecule has 1 N–H and O–H groups in total. The fraction of sp³-hybridized carbons (Fsp3) is 0.235. The largest absolute Gasteiger partial charge is 0.417 e. The lowest BCUT2D eigenvalue weighted by Crippen LogP contribution is -2.21. The molecule has 0 saturated carbocycles. The fourth-order valence-electron chi connectivity index (χ4n) is 2.32. The topological polar surface area (TPSA) is 32.3 Å². The number of carbonyl (C=O) groups is 1. The van der Waals surface area contributed by atoms with Gasteiger partial charge in [-0.1, -0.05) is 12.1 Å². The van der Waals surface area contributed by atoms with Gasteiger partial charge in [-0.25, -0.2) is 0 Å². The van der Waals surface area contributed by atoms with Gasteiger partial charge in [0.25, 0.3) is 5.91 Å². The lowest BCUT2D eigenvalue weighted by molar-refractivity contribution is -0.138. The van der Waals surface area contributed by atoms with Crippen molar-refractivity contribution in [1.29, 1.82) is 0 Å². The summed E-state index contributed by atoms with van der Waals surface area (Å²) in [5, 5.41) is 2.15. The lowest BCUT2D eigenvalue weighted by atomic mass is 10.1. The van der Waals surface area contributed by atoms with E-state index in [-0.39, 0.29) is 11.4 Å². The minimum absolute atomic E-state index is 0.218. The summed E-state index contributed by atoms with van der Waals surface area (Å²) in [5.41, 5.74) is -2.90. The number of amides is 1. The molecule has 140 valence electrons. The highest BCUT2D eigenvalue weighted by Crippen LogP contribution is 2.36. The number of anilines is 2. The van der Waals surface area contributed by atoms with Crippen molar-refractivity contribution in [3.63, 3.8) is 0 Å². The number of carbonyl (C=O) groups excluding carboxylic acids is 1. The van der Waals surface area contributed by atoms with E-state index < -0.39 is 35.0 Å². The van der Waals surface area contributed by atoms with Crippen LogP contribution in [0.3, 0.4) is 0 Å². The molecule has 0 atom stereocenters. The van der Waals surface area contributed by atoms with E-state index in [9.17, 15) is 31.1 Å². The number of halogens is 6. The van der Waals surface area contributed by atoms with Crippen LogP contribution < -0.4 is 10.2 Å². The van der Waals surface area contributed by atoms with Crippen LogP contribution in [0.15, 0.2) is 42.5 Å². The number of alkyl halides is 6. The lowest BCUT2D eigenvalue weighted by Gasteiger charge is -2.20. The molecule has 0 aromatic heterocycles. The van der Waals surface area contributed by atoms with Crippen molar-refractivity contribution in [1.82, 2.24) is 0 Å². The second-order valence-electron chi connectivity index (χ2n) is 5.62. The van der Waals surface area contributed by atoms with Crippen LogP contribution in [-0.4, -0.2) is 20.0 Å². The maximum absolute atomic E-state index is 13.0. The summed E-state index contributed by atoms with van der Waals surface area (Å²) in [6, 6.07) is 6.69. The summed E-state index contributed by atoms with van der Waals surface area (Å²) in [4.78, 5) is 13.7. The molecule has 2 aromatic rings. The number of hydrogen-bond donors (Lipinski definition) is 1. The second-order valence-corrected chi connectivity index (χ2v) is 5.62. The maximum Gasteiger partial charge on any atom is 0.417 e. The third-order valence-corrected chi connectivity index (χ3v) is 3.53. The smallest absolute Gasteiger partial charge is 0.376 e. The Morgan fingerprint density at radius 2 is 1.54 bits per heavy atom. The zero-order valence-corrected chi connectivity index (χ0v) is 13.7. The van der Waals surface area contributed by atoms with E-state index in [1.807, 2.05) is 0 Å². The Morgan fingerprint density at radius 3 is 2.08 bits per heavy atom. The van der Waals surface area contributed by atoms with Crippen molar-refractivity contribution >= 4 is 17.3 Å². The third-order valence-electron chi connectivity index (χ3n) is 3.53. The van der Waals surface area contributed by atoms with Gasteiger partial charge in [0, 0.05) is 14.1 Å². The summed E-state index contributed by atoms with van der Waals surface area (Å²) in [6.07, 6.45) is -9.43. The minimum Gasteiger partial charge on any atom is -0.376 e. The first-order valence-electron chi connectivity index (χ1n) is 7.27. The fourth-order valence-corrected chi connectivity index (χ4v) is 2.32. The van der Waals surface area contributed by atoms with Crippen LogP contribution in [0.4, 0.5) is 37.7 Å². The number of nitrogens with one attached hydrogen (secondary N) is 1. The minimum atomic E-state index is -4.77. The van der Waals surface area contributed by atoms with Gasteiger partial charge in [-0.05, 0) is 30.3 Å². The van der Waals surface area contributed by atoms with Crippen molar-refractivity contribution in [2.75, 3.05) is 24.3 Å². The van der Waals surface area contributed by atoms with Gasteiger partial charge in [-0.2, -0.15) is 26.3 Å². The monoisotopic (exact) mass is 376 g/mol. The number of hydrogen-bond acceptors (Lipinski definition) is 2. The summed E-state index contributed by atoms with van der Waals surface area (Å²) in [6.45, 7) is 0. The summed E-state index contributed by atoms with van der Waals surface area (Å²) in [5.74, 6) is -1.15. The summed E-state index contributed by atoms with van der Waals surface area (Å²) < 4.78 is 77.8. The number of nitrogens with zero attached hydrogens (tertiary/aromatic N) is 1. The quantitative estimate of drug-likeness (QED) is 0.761. The van der Waals surface area contributed by atoms with Crippen molar-refractivity contribution in [2.45, 2.75) is 12.4 Å². The van der Waals surface area contributed by atoms with Gasteiger partial charge >= 0.3 is 12.4 Å². The van der Waals surface area contributed by atoms with E-state index in [4.69, 9.17) is 0 Å². The molecule has 0 saturated heterocycles. The summed E-state index contributed by atoms with van der Waals surface area (Å²) >= 11 is 0. The highest BCUT2D eigenvalue weighted by Gasteiger charge is 2.35. The van der Waals surface area contributed by atoms with Gasteiger partial charge in [0.1, 0.15) is 0 Å². The van der Waals surface area contributed by atoms with Gasteiger partial charge in [0.2, 0.25) is 0 Å². The molecule has 0 bridgehead atoms. The molecular formula is C17H14F6N2O. The molecule has 1 amide bonds. The van der Waals surface area contributed by atoms with E-state index >= 15 is 0 Å². The Labute approximate surface area is 145 Å². The Hall–Kier alpha value is -2.71. The Morgan fingerprint density at radius 1 is 0.923 bits per heavy atom. The Bertz CT molecular complexity index is 812. The van der Waals surface area contributed by atoms with Gasteiger partial charge < -0.3 is 10.2 Å². The number of benzene rings is 2. The molecule has 26 heavy (non-hydrogen) atoms. The SMILES string of the molecule is CN(C)c1ccc(C(F)(F)F)cc1NC(=O)c1ccccc1C(F)(F)F. The first kappa shape index (κ1) is 19.6. The van der Waals surface area contributed by atoms with Crippen LogP contribution in [0, 0.1) is 0 Å². The van der Waals surface area contributed by atoms with Crippen LogP contribution in [0.1, 0.15) is 21.5 Å². The molecule has 0 spiro atoms. The molecule has 0 unspecified atom stereocenters. The Balaban J connectivity index is 2.47. The first-order chi connectivity index (χ1) is 11.9. The molecule has 3 nitrogen and oxygen atoms in total. The second kappa shape index (κ2) is 6.89. The zero-order valence-electron chi connectivity index (χ0n) is 13.7. The zero-order chi connectivity index (χ0) is 19.7. The summed E-state index contributed by atoms with van der Waals surface area (Å²) in [7, 11) is 3.06. The van der Waals surface area contributed by atoms with Gasteiger partial charge in [0.05, 0.1) is 28.1 Å². The van der Waals surface area contributed by atoms with Crippen LogP contribution in [-0.2, 0) is 12.4 Å². The first-order valence-corrected chi connectivity index (χ1v) is 7.27. The maximum atomic E-state index is 13.0. The molecule has 0 heterocycles. The molecule has 0 fully saturated rings. The third kappa shape index (κ3) is 4.27. The Kier molecular flexibility index (Phi) is 5.20. The van der Waals surface area contributed by atoms with Crippen molar-refractivity contribution < 1.29 is 31.1 Å². The molecule has 0 aliphatic carbocycles. The van der Waals surface area contributed by atoms with Crippen LogP contribution in [0.5, 0.6) is 0 Å². The van der Waals surface area contributed by atoms with E-state index in [0.29, 0.717) is 6.07 Å². The van der Waals surface area contributed by atoms with Crippen LogP contribution >= 0.6 is 0 Å². The van der Waals surface area contributed by atoms with E-state index in [1.165, 1.54) is 25.1 Å². The van der Waals surface area contributed by atoms with Crippen molar-refractivity contribution in [2.24, 2.45) is 0 Å². The average molecular weight is 376 g/mol. The van der Waals surface area contributed by atoms with Crippen LogP contribution in [0.2, 0.25) is 0 Å². The molecule has 0 radical (unpaired) electrons. The molecule has 2 aromatic carbocycles. The molecule has 2 rings (SSSR count). The molecule has 0 aliphatic rings. The predicted molar refractivity (Wildman–Crippen MR) is 85.2 cm³/mol. The standard InChI is InChI=1S/C17H14F6N2O/c1-25(2)14-8-7-10(16(18,19)20)9-13(14)24-15(26)11-5-3-4-6-12(11)17(21,22)23/h3-9H,1-2H3,(H,24,26). The van der Waals surface area contributed by atoms with Gasteiger partial charge in [-0.15, -0.1) is 0 Å². The predicted octanol–water partition coefficient (Wildman–Crippen LogP) is 5.04. The van der Waals surface area contributed by atoms with Gasteiger partial charge in [-0.3, -0.25) is 4.79 Å². The van der Waals surface area contributed by atoms with E-state index in [0.717, 1.165) is 30.3 Å². The average Bonchev–Trinajstić information content (AvgIpc) is 2.52. The normalized spacial score (nSPS) is 12.0.